The molecule has 0 fully saturated rings. The number of carbonyl (C=O) groups is 1. The van der Waals surface area contributed by atoms with Crippen molar-refractivity contribution in [2.24, 2.45) is 0 Å². The maximum atomic E-state index is 13.1. The molecule has 2 aromatic carbocycles. The molecule has 0 radical (unpaired) electrons. The standard InChI is InChI=1S/C17H17FO3/c1-2-20-17(19)11-13-5-4-8-16(10-13)21-12-14-6-3-7-15(18)9-14/h3-10H,2,11-12H2,1H3. The fourth-order valence-electron chi connectivity index (χ4n) is 1.92. The Labute approximate surface area is 123 Å². The molecule has 0 saturated carbocycles. The molecule has 0 N–H and O–H groups in total. The summed E-state index contributed by atoms with van der Waals surface area (Å²) in [5.41, 5.74) is 1.58. The molecule has 0 atom stereocenters. The lowest BCUT2D eigenvalue weighted by molar-refractivity contribution is -0.142. The summed E-state index contributed by atoms with van der Waals surface area (Å²) in [4.78, 5) is 11.4. The van der Waals surface area contributed by atoms with Crippen LogP contribution in [0.15, 0.2) is 48.5 Å². The van der Waals surface area contributed by atoms with Gasteiger partial charge in [-0.25, -0.2) is 4.39 Å². The molecule has 2 rings (SSSR count). The van der Waals surface area contributed by atoms with Crippen molar-refractivity contribution in [3.63, 3.8) is 0 Å². The molecule has 0 saturated heterocycles. The molecule has 0 aromatic heterocycles. The zero-order chi connectivity index (χ0) is 15.1. The minimum Gasteiger partial charge on any atom is -0.489 e. The quantitative estimate of drug-likeness (QED) is 0.763. The summed E-state index contributed by atoms with van der Waals surface area (Å²) in [6.07, 6.45) is 0.213. The van der Waals surface area contributed by atoms with Gasteiger partial charge in [0.25, 0.3) is 0 Å². The van der Waals surface area contributed by atoms with Crippen molar-refractivity contribution >= 4 is 5.97 Å². The SMILES string of the molecule is CCOC(=O)Cc1cccc(OCc2cccc(F)c2)c1. The van der Waals surface area contributed by atoms with E-state index in [1.807, 2.05) is 12.1 Å². The van der Waals surface area contributed by atoms with E-state index in [0.29, 0.717) is 12.4 Å². The van der Waals surface area contributed by atoms with Crippen LogP contribution in [-0.4, -0.2) is 12.6 Å². The second-order valence-corrected chi connectivity index (χ2v) is 4.55. The predicted octanol–water partition coefficient (Wildman–Crippen LogP) is 3.51. The second-order valence-electron chi connectivity index (χ2n) is 4.55. The Morgan fingerprint density at radius 2 is 1.86 bits per heavy atom. The van der Waals surface area contributed by atoms with E-state index < -0.39 is 0 Å². The van der Waals surface area contributed by atoms with Gasteiger partial charge in [-0.1, -0.05) is 24.3 Å². The van der Waals surface area contributed by atoms with Gasteiger partial charge in [0.2, 0.25) is 0 Å². The van der Waals surface area contributed by atoms with E-state index in [1.165, 1.54) is 12.1 Å². The summed E-state index contributed by atoms with van der Waals surface area (Å²) in [6.45, 7) is 2.42. The van der Waals surface area contributed by atoms with Crippen LogP contribution in [0.1, 0.15) is 18.1 Å². The minimum atomic E-state index is -0.285. The van der Waals surface area contributed by atoms with Crippen molar-refractivity contribution in [2.75, 3.05) is 6.61 Å². The number of esters is 1. The van der Waals surface area contributed by atoms with Crippen LogP contribution in [0.4, 0.5) is 4.39 Å². The van der Waals surface area contributed by atoms with Crippen molar-refractivity contribution in [1.29, 1.82) is 0 Å². The van der Waals surface area contributed by atoms with E-state index in [1.54, 1.807) is 31.2 Å². The minimum absolute atomic E-state index is 0.213. The summed E-state index contributed by atoms with van der Waals surface area (Å²) < 4.78 is 23.6. The first kappa shape index (κ1) is 15.0. The molecule has 0 aliphatic rings. The Morgan fingerprint density at radius 1 is 1.10 bits per heavy atom. The average Bonchev–Trinajstić information content (AvgIpc) is 2.46. The van der Waals surface area contributed by atoms with Crippen molar-refractivity contribution in [1.82, 2.24) is 0 Å². The predicted molar refractivity (Wildman–Crippen MR) is 77.5 cm³/mol. The molecular formula is C17H17FO3. The lowest BCUT2D eigenvalue weighted by Gasteiger charge is -2.08. The van der Waals surface area contributed by atoms with E-state index >= 15 is 0 Å². The van der Waals surface area contributed by atoms with Gasteiger partial charge >= 0.3 is 5.97 Å². The lowest BCUT2D eigenvalue weighted by Crippen LogP contribution is -2.07. The highest BCUT2D eigenvalue weighted by Gasteiger charge is 2.05. The first-order chi connectivity index (χ1) is 10.2. The van der Waals surface area contributed by atoms with E-state index in [-0.39, 0.29) is 24.8 Å². The Balaban J connectivity index is 1.96. The highest BCUT2D eigenvalue weighted by atomic mass is 19.1. The van der Waals surface area contributed by atoms with Crippen LogP contribution in [0.25, 0.3) is 0 Å². The Kier molecular flexibility index (Phi) is 5.32. The molecule has 0 heterocycles. The number of hydrogen-bond acceptors (Lipinski definition) is 3. The largest absolute Gasteiger partial charge is 0.489 e. The van der Waals surface area contributed by atoms with Crippen LogP contribution in [0.3, 0.4) is 0 Å². The van der Waals surface area contributed by atoms with Gasteiger partial charge in [0.15, 0.2) is 0 Å². The molecule has 0 aliphatic carbocycles. The number of benzene rings is 2. The normalized spacial score (nSPS) is 10.2. The second kappa shape index (κ2) is 7.43. The molecule has 0 amide bonds. The van der Waals surface area contributed by atoms with Gasteiger partial charge in [0, 0.05) is 0 Å². The maximum Gasteiger partial charge on any atom is 0.310 e. The topological polar surface area (TPSA) is 35.5 Å². The fourth-order valence-corrected chi connectivity index (χ4v) is 1.92. The molecule has 110 valence electrons. The highest BCUT2D eigenvalue weighted by molar-refractivity contribution is 5.72. The molecule has 4 heteroatoms. The highest BCUT2D eigenvalue weighted by Crippen LogP contribution is 2.16. The van der Waals surface area contributed by atoms with Crippen molar-refractivity contribution in [3.05, 3.63) is 65.5 Å². The Bertz CT molecular complexity index is 610. The van der Waals surface area contributed by atoms with Crippen LogP contribution in [0, 0.1) is 5.82 Å². The first-order valence-electron chi connectivity index (χ1n) is 6.79. The molecular weight excluding hydrogens is 271 g/mol. The summed E-state index contributed by atoms with van der Waals surface area (Å²) >= 11 is 0. The van der Waals surface area contributed by atoms with Crippen molar-refractivity contribution < 1.29 is 18.7 Å². The van der Waals surface area contributed by atoms with Crippen LogP contribution in [0.5, 0.6) is 5.75 Å². The Morgan fingerprint density at radius 3 is 2.62 bits per heavy atom. The number of rotatable bonds is 6. The molecule has 0 bridgehead atoms. The van der Waals surface area contributed by atoms with Crippen molar-refractivity contribution in [2.45, 2.75) is 20.0 Å². The molecule has 2 aromatic rings. The smallest absolute Gasteiger partial charge is 0.310 e. The Hall–Kier alpha value is -2.36. The van der Waals surface area contributed by atoms with E-state index in [4.69, 9.17) is 9.47 Å². The average molecular weight is 288 g/mol. The number of ether oxygens (including phenoxy) is 2. The summed E-state index contributed by atoms with van der Waals surface area (Å²) in [6, 6.07) is 13.5. The van der Waals surface area contributed by atoms with Crippen LogP contribution >= 0.6 is 0 Å². The number of hydrogen-bond donors (Lipinski definition) is 0. The third-order valence-electron chi connectivity index (χ3n) is 2.85. The summed E-state index contributed by atoms with van der Waals surface area (Å²) in [5.74, 6) is 0.0907. The lowest BCUT2D eigenvalue weighted by atomic mass is 10.1. The van der Waals surface area contributed by atoms with Gasteiger partial charge in [0.1, 0.15) is 18.2 Å². The van der Waals surface area contributed by atoms with Crippen molar-refractivity contribution in [3.8, 4) is 5.75 Å². The van der Waals surface area contributed by atoms with Gasteiger partial charge < -0.3 is 9.47 Å². The fraction of sp³-hybridized carbons (Fsp3) is 0.235. The summed E-state index contributed by atoms with van der Waals surface area (Å²) in [7, 11) is 0. The number of halogens is 1. The third-order valence-corrected chi connectivity index (χ3v) is 2.85. The molecule has 0 spiro atoms. The van der Waals surface area contributed by atoms with Gasteiger partial charge in [-0.15, -0.1) is 0 Å². The molecule has 0 aliphatic heterocycles. The molecule has 21 heavy (non-hydrogen) atoms. The van der Waals surface area contributed by atoms with E-state index in [2.05, 4.69) is 0 Å². The first-order valence-corrected chi connectivity index (χ1v) is 6.79. The van der Waals surface area contributed by atoms with Gasteiger partial charge in [0.05, 0.1) is 13.0 Å². The molecule has 0 unspecified atom stereocenters. The van der Waals surface area contributed by atoms with E-state index in [9.17, 15) is 9.18 Å². The van der Waals surface area contributed by atoms with Crippen LogP contribution in [-0.2, 0) is 22.6 Å². The zero-order valence-corrected chi connectivity index (χ0v) is 11.8. The summed E-state index contributed by atoms with van der Waals surface area (Å²) in [5, 5.41) is 0. The van der Waals surface area contributed by atoms with Gasteiger partial charge in [-0.3, -0.25) is 4.79 Å². The third kappa shape index (κ3) is 4.91. The van der Waals surface area contributed by atoms with Gasteiger partial charge in [-0.05, 0) is 42.3 Å². The molecule has 3 nitrogen and oxygen atoms in total. The van der Waals surface area contributed by atoms with E-state index in [0.717, 1.165) is 11.1 Å². The zero-order valence-electron chi connectivity index (χ0n) is 11.8. The monoisotopic (exact) mass is 288 g/mol. The van der Waals surface area contributed by atoms with Crippen LogP contribution in [0.2, 0.25) is 0 Å². The van der Waals surface area contributed by atoms with Crippen LogP contribution < -0.4 is 4.74 Å². The van der Waals surface area contributed by atoms with Gasteiger partial charge in [-0.2, -0.15) is 0 Å². The number of carbonyl (C=O) groups excluding carboxylic acids is 1. The maximum absolute atomic E-state index is 13.1.